The van der Waals surface area contributed by atoms with E-state index in [9.17, 15) is 4.79 Å². The Morgan fingerprint density at radius 3 is 0.925 bits per heavy atom. The lowest BCUT2D eigenvalue weighted by Crippen LogP contribution is -2.28. The van der Waals surface area contributed by atoms with Crippen LogP contribution in [0.2, 0.25) is 0 Å². The van der Waals surface area contributed by atoms with E-state index in [1.165, 1.54) is 231 Å². The van der Waals surface area contributed by atoms with Crippen LogP contribution in [-0.4, -0.2) is 53.6 Å². The van der Waals surface area contributed by atoms with Crippen molar-refractivity contribution in [2.75, 3.05) is 19.6 Å². The Labute approximate surface area is 330 Å². The fourth-order valence-electron chi connectivity index (χ4n) is 7.50. The largest absolute Gasteiger partial charge is 0.483 e. The molecule has 0 aliphatic rings. The van der Waals surface area contributed by atoms with Crippen LogP contribution in [0.1, 0.15) is 252 Å². The third-order valence-corrected chi connectivity index (χ3v) is 10.7. The summed E-state index contributed by atoms with van der Waals surface area (Å²) in [6.45, 7) is 9.89. The number of nitrogens with two attached hydrogens (primary N) is 1. The minimum absolute atomic E-state index is 0.146. The molecule has 0 saturated carbocycles. The van der Waals surface area contributed by atoms with Crippen LogP contribution in [0.4, 0.5) is 0 Å². The van der Waals surface area contributed by atoms with Crippen LogP contribution >= 0.6 is 0 Å². The van der Waals surface area contributed by atoms with E-state index in [0.717, 1.165) is 18.9 Å². The number of primary amides is 1. The predicted octanol–water partition coefficient (Wildman–Crippen LogP) is 13.9. The normalized spacial score (nSPS) is 10.9. The quantitative estimate of drug-likeness (QED) is 0.0422. The molecule has 53 heavy (non-hydrogen) atoms. The lowest BCUT2D eigenvalue weighted by Gasteiger charge is -2.22. The van der Waals surface area contributed by atoms with Crippen molar-refractivity contribution in [3.8, 4) is 0 Å². The molecule has 0 aliphatic heterocycles. The first-order valence-corrected chi connectivity index (χ1v) is 23.1. The van der Waals surface area contributed by atoms with Crippen molar-refractivity contribution in [2.45, 2.75) is 252 Å². The van der Waals surface area contributed by atoms with Crippen LogP contribution in [0.25, 0.3) is 0 Å². The molecule has 4 N–H and O–H groups in total. The van der Waals surface area contributed by atoms with Gasteiger partial charge in [-0.1, -0.05) is 226 Å². The van der Waals surface area contributed by atoms with Gasteiger partial charge in [-0.2, -0.15) is 0 Å². The SMILES string of the molecule is CCCCCCCCCCCCCCCCN(CCCCCCCC(CCCCCCCC)CCCCCCCC)CCCC(N)=O.O=CO.O=CO. The Balaban J connectivity index is -0.00000387. The van der Waals surface area contributed by atoms with Crippen molar-refractivity contribution in [2.24, 2.45) is 11.7 Å². The molecule has 318 valence electrons. The molecule has 0 unspecified atom stereocenters. The molecule has 0 aromatic rings. The van der Waals surface area contributed by atoms with E-state index in [2.05, 4.69) is 25.7 Å². The van der Waals surface area contributed by atoms with E-state index in [4.69, 9.17) is 25.5 Å². The number of rotatable bonds is 41. The lowest BCUT2D eigenvalue weighted by molar-refractivity contribution is -0.123. The standard InChI is InChI=1S/C44H90N2O.2CH2O2/c1-4-7-10-13-16-17-18-19-20-21-22-23-28-33-40-46(42-35-39-44(45)47)41-34-29-24-27-32-38-43(36-30-25-14-11-8-5-2)37-31-26-15-12-9-6-3;2*2-1-3/h43H,4-42H2,1-3H3,(H2,45,47);2*1H,(H,2,3). The second-order valence-corrected chi connectivity index (χ2v) is 15.8. The van der Waals surface area contributed by atoms with Gasteiger partial charge >= 0.3 is 0 Å². The predicted molar refractivity (Wildman–Crippen MR) is 230 cm³/mol. The van der Waals surface area contributed by atoms with Gasteiger partial charge in [0.15, 0.2) is 0 Å². The third kappa shape index (κ3) is 54.8. The molecule has 0 atom stereocenters. The summed E-state index contributed by atoms with van der Waals surface area (Å²) in [7, 11) is 0. The van der Waals surface area contributed by atoms with Crippen LogP contribution in [0.15, 0.2) is 0 Å². The molecule has 0 bridgehead atoms. The molecule has 0 aromatic heterocycles. The Morgan fingerprint density at radius 2 is 0.660 bits per heavy atom. The summed E-state index contributed by atoms with van der Waals surface area (Å²) >= 11 is 0. The van der Waals surface area contributed by atoms with E-state index in [0.29, 0.717) is 6.42 Å². The van der Waals surface area contributed by atoms with Crippen molar-refractivity contribution < 1.29 is 24.6 Å². The Hall–Kier alpha value is -1.63. The molecular weight excluding hydrogens is 661 g/mol. The monoisotopic (exact) mass is 755 g/mol. The van der Waals surface area contributed by atoms with Gasteiger partial charge in [0.2, 0.25) is 5.91 Å². The van der Waals surface area contributed by atoms with Gasteiger partial charge in [-0.15, -0.1) is 0 Å². The minimum Gasteiger partial charge on any atom is -0.483 e. The zero-order valence-electron chi connectivity index (χ0n) is 36.0. The Kier molecular flexibility index (Phi) is 55.2. The minimum atomic E-state index is -0.250. The second kappa shape index (κ2) is 52.5. The van der Waals surface area contributed by atoms with Crippen LogP contribution < -0.4 is 5.73 Å². The van der Waals surface area contributed by atoms with Crippen molar-refractivity contribution in [3.05, 3.63) is 0 Å². The van der Waals surface area contributed by atoms with Gasteiger partial charge in [0.05, 0.1) is 0 Å². The zero-order chi connectivity index (χ0) is 39.7. The highest BCUT2D eigenvalue weighted by Crippen LogP contribution is 2.25. The van der Waals surface area contributed by atoms with Crippen molar-refractivity contribution in [1.29, 1.82) is 0 Å². The fraction of sp³-hybridized carbons (Fsp3) is 0.935. The number of carboxylic acid groups (broad SMARTS) is 2. The van der Waals surface area contributed by atoms with E-state index >= 15 is 0 Å². The number of carbonyl (C=O) groups excluding carboxylic acids is 1. The molecular formula is C46H94N2O5. The topological polar surface area (TPSA) is 121 Å². The third-order valence-electron chi connectivity index (χ3n) is 10.7. The molecule has 0 spiro atoms. The van der Waals surface area contributed by atoms with Crippen molar-refractivity contribution in [1.82, 2.24) is 4.90 Å². The number of amides is 1. The van der Waals surface area contributed by atoms with E-state index in [-0.39, 0.29) is 18.9 Å². The molecule has 0 radical (unpaired) electrons. The Morgan fingerprint density at radius 1 is 0.434 bits per heavy atom. The summed E-state index contributed by atoms with van der Waals surface area (Å²) in [5.41, 5.74) is 5.44. The van der Waals surface area contributed by atoms with E-state index in [1.807, 2.05) is 0 Å². The molecule has 0 rings (SSSR count). The number of nitrogens with zero attached hydrogens (tertiary/aromatic N) is 1. The summed E-state index contributed by atoms with van der Waals surface area (Å²) in [6, 6.07) is 0. The molecule has 0 aliphatic carbocycles. The number of hydrogen-bond acceptors (Lipinski definition) is 4. The summed E-state index contributed by atoms with van der Waals surface area (Å²) in [6.07, 6.45) is 49.9. The maximum atomic E-state index is 11.3. The van der Waals surface area contributed by atoms with Crippen LogP contribution in [0, 0.1) is 5.92 Å². The summed E-state index contributed by atoms with van der Waals surface area (Å²) in [4.78, 5) is 30.7. The van der Waals surface area contributed by atoms with E-state index in [1.54, 1.807) is 0 Å². The van der Waals surface area contributed by atoms with Crippen LogP contribution in [0.5, 0.6) is 0 Å². The summed E-state index contributed by atoms with van der Waals surface area (Å²) < 4.78 is 0. The molecule has 0 heterocycles. The summed E-state index contributed by atoms with van der Waals surface area (Å²) in [5.74, 6) is 0.839. The van der Waals surface area contributed by atoms with Gasteiger partial charge in [-0.25, -0.2) is 0 Å². The first-order valence-electron chi connectivity index (χ1n) is 23.1. The highest BCUT2D eigenvalue weighted by molar-refractivity contribution is 5.73. The zero-order valence-corrected chi connectivity index (χ0v) is 36.0. The van der Waals surface area contributed by atoms with Crippen molar-refractivity contribution >= 4 is 18.9 Å². The van der Waals surface area contributed by atoms with Gasteiger partial charge < -0.3 is 20.8 Å². The first kappa shape index (κ1) is 55.7. The first-order chi connectivity index (χ1) is 26.0. The van der Waals surface area contributed by atoms with Gasteiger partial charge in [-0.3, -0.25) is 14.4 Å². The van der Waals surface area contributed by atoms with Crippen LogP contribution in [-0.2, 0) is 14.4 Å². The maximum Gasteiger partial charge on any atom is 0.290 e. The summed E-state index contributed by atoms with van der Waals surface area (Å²) in [5, 5.41) is 13.8. The molecule has 7 nitrogen and oxygen atoms in total. The van der Waals surface area contributed by atoms with Crippen molar-refractivity contribution in [3.63, 3.8) is 0 Å². The van der Waals surface area contributed by atoms with Crippen LogP contribution in [0.3, 0.4) is 0 Å². The Bertz CT molecular complexity index is 671. The number of carbonyl (C=O) groups is 3. The smallest absolute Gasteiger partial charge is 0.290 e. The number of hydrogen-bond donors (Lipinski definition) is 3. The molecule has 0 aromatic carbocycles. The van der Waals surface area contributed by atoms with Gasteiger partial charge in [0.1, 0.15) is 0 Å². The highest BCUT2D eigenvalue weighted by Gasteiger charge is 2.10. The molecule has 7 heteroatoms. The van der Waals surface area contributed by atoms with E-state index < -0.39 is 0 Å². The fourth-order valence-corrected chi connectivity index (χ4v) is 7.50. The van der Waals surface area contributed by atoms with Gasteiger partial charge in [0, 0.05) is 6.42 Å². The van der Waals surface area contributed by atoms with Gasteiger partial charge in [0.25, 0.3) is 12.9 Å². The maximum absolute atomic E-state index is 11.3. The second-order valence-electron chi connectivity index (χ2n) is 15.8. The molecule has 1 amide bonds. The van der Waals surface area contributed by atoms with Gasteiger partial charge in [-0.05, 0) is 44.8 Å². The molecule has 0 saturated heterocycles. The number of unbranched alkanes of at least 4 members (excludes halogenated alkanes) is 27. The average Bonchev–Trinajstić information content (AvgIpc) is 3.14. The molecule has 0 fully saturated rings. The average molecular weight is 755 g/mol. The lowest BCUT2D eigenvalue weighted by atomic mass is 9.89. The highest BCUT2D eigenvalue weighted by atomic mass is 16.3.